The number of halogens is 1. The molecule has 0 saturated heterocycles. The standard InChI is InChI=1S/C19H17FN2OS2/c1-11-2-7-14-16(8-11)25-19-17(14)18(21-10-22-19)24-9-15(23)12-3-5-13(20)6-4-12/h3-6,10-11H,2,7-9H2,1H3/t11-/m0/s1. The van der Waals surface area contributed by atoms with Crippen LogP contribution in [0, 0.1) is 11.7 Å². The molecule has 0 N–H and O–H groups in total. The van der Waals surface area contributed by atoms with E-state index in [1.165, 1.54) is 52.9 Å². The maximum absolute atomic E-state index is 13.0. The number of thioether (sulfide) groups is 1. The van der Waals surface area contributed by atoms with E-state index in [1.807, 2.05) is 0 Å². The zero-order valence-corrected chi connectivity index (χ0v) is 15.4. The molecule has 25 heavy (non-hydrogen) atoms. The van der Waals surface area contributed by atoms with Crippen LogP contribution in [0.3, 0.4) is 0 Å². The monoisotopic (exact) mass is 372 g/mol. The lowest BCUT2D eigenvalue weighted by Gasteiger charge is -2.18. The van der Waals surface area contributed by atoms with E-state index >= 15 is 0 Å². The number of hydrogen-bond acceptors (Lipinski definition) is 5. The summed E-state index contributed by atoms with van der Waals surface area (Å²) in [6.45, 7) is 2.29. The van der Waals surface area contributed by atoms with Crippen LogP contribution in [0.25, 0.3) is 10.2 Å². The molecule has 1 aliphatic carbocycles. The molecule has 0 aliphatic heterocycles. The Labute approximate surface area is 153 Å². The molecule has 3 nitrogen and oxygen atoms in total. The highest BCUT2D eigenvalue weighted by Crippen LogP contribution is 2.40. The van der Waals surface area contributed by atoms with Gasteiger partial charge in [-0.1, -0.05) is 18.7 Å². The average molecular weight is 372 g/mol. The number of aryl methyl sites for hydroxylation is 1. The van der Waals surface area contributed by atoms with Crippen molar-refractivity contribution in [2.24, 2.45) is 5.92 Å². The smallest absolute Gasteiger partial charge is 0.173 e. The van der Waals surface area contributed by atoms with Crippen molar-refractivity contribution >= 4 is 39.1 Å². The van der Waals surface area contributed by atoms with Gasteiger partial charge in [0.05, 0.1) is 5.75 Å². The number of rotatable bonds is 4. The van der Waals surface area contributed by atoms with Gasteiger partial charge in [-0.2, -0.15) is 0 Å². The van der Waals surface area contributed by atoms with Crippen molar-refractivity contribution in [2.75, 3.05) is 5.75 Å². The predicted octanol–water partition coefficient (Wildman–Crippen LogP) is 4.93. The van der Waals surface area contributed by atoms with E-state index < -0.39 is 0 Å². The zero-order valence-electron chi connectivity index (χ0n) is 13.8. The lowest BCUT2D eigenvalue weighted by atomic mass is 9.89. The van der Waals surface area contributed by atoms with Crippen LogP contribution in [-0.4, -0.2) is 21.5 Å². The summed E-state index contributed by atoms with van der Waals surface area (Å²) in [6, 6.07) is 5.69. The Bertz CT molecular complexity index is 936. The molecule has 0 spiro atoms. The van der Waals surface area contributed by atoms with E-state index in [1.54, 1.807) is 17.7 Å². The summed E-state index contributed by atoms with van der Waals surface area (Å²) in [7, 11) is 0. The first-order chi connectivity index (χ1) is 12.1. The number of nitrogens with zero attached hydrogens (tertiary/aromatic N) is 2. The number of Topliss-reactive ketones (excluding diaryl/α,β-unsaturated/α-hetero) is 1. The lowest BCUT2D eigenvalue weighted by Crippen LogP contribution is -2.09. The molecule has 0 amide bonds. The molecule has 2 aromatic heterocycles. The van der Waals surface area contributed by atoms with Crippen LogP contribution in [0.15, 0.2) is 35.6 Å². The third-order valence-corrected chi connectivity index (χ3v) is 6.71. The second-order valence-electron chi connectivity index (χ2n) is 6.43. The van der Waals surface area contributed by atoms with Crippen molar-refractivity contribution < 1.29 is 9.18 Å². The van der Waals surface area contributed by atoms with Gasteiger partial charge in [0.15, 0.2) is 5.78 Å². The third-order valence-electron chi connectivity index (χ3n) is 4.56. The molecular weight excluding hydrogens is 355 g/mol. The van der Waals surface area contributed by atoms with Crippen LogP contribution in [0.1, 0.15) is 34.1 Å². The van der Waals surface area contributed by atoms with E-state index in [-0.39, 0.29) is 11.6 Å². The molecule has 128 valence electrons. The van der Waals surface area contributed by atoms with Gasteiger partial charge in [0.1, 0.15) is 22.0 Å². The highest BCUT2D eigenvalue weighted by atomic mass is 32.2. The quantitative estimate of drug-likeness (QED) is 0.370. The number of carbonyl (C=O) groups excluding carboxylic acids is 1. The minimum absolute atomic E-state index is 0.0190. The molecule has 0 bridgehead atoms. The number of benzene rings is 1. The average Bonchev–Trinajstić information content (AvgIpc) is 2.98. The number of thiophene rings is 1. The molecule has 0 saturated carbocycles. The van der Waals surface area contributed by atoms with Crippen molar-refractivity contribution in [1.29, 1.82) is 0 Å². The van der Waals surface area contributed by atoms with Crippen LogP contribution < -0.4 is 0 Å². The molecule has 0 fully saturated rings. The summed E-state index contributed by atoms with van der Waals surface area (Å²) < 4.78 is 13.0. The first kappa shape index (κ1) is 16.7. The molecule has 0 radical (unpaired) electrons. The minimum atomic E-state index is -0.333. The van der Waals surface area contributed by atoms with Gasteiger partial charge in [0, 0.05) is 15.8 Å². The number of carbonyl (C=O) groups is 1. The molecule has 4 rings (SSSR count). The molecule has 1 atom stereocenters. The number of hydrogen-bond donors (Lipinski definition) is 0. The summed E-state index contributed by atoms with van der Waals surface area (Å²) in [4.78, 5) is 23.7. The second-order valence-corrected chi connectivity index (χ2v) is 8.48. The SMILES string of the molecule is C[C@H]1CCc2c(sc3ncnc(SCC(=O)c4ccc(F)cc4)c23)C1. The van der Waals surface area contributed by atoms with Gasteiger partial charge < -0.3 is 0 Å². The van der Waals surface area contributed by atoms with Crippen molar-refractivity contribution in [3.63, 3.8) is 0 Å². The van der Waals surface area contributed by atoms with Crippen LogP contribution in [0.2, 0.25) is 0 Å². The molecule has 1 aliphatic rings. The minimum Gasteiger partial charge on any atom is -0.293 e. The van der Waals surface area contributed by atoms with Crippen LogP contribution >= 0.6 is 23.1 Å². The maximum Gasteiger partial charge on any atom is 0.173 e. The van der Waals surface area contributed by atoms with Gasteiger partial charge in [-0.05, 0) is 55.0 Å². The fraction of sp³-hybridized carbons (Fsp3) is 0.316. The third kappa shape index (κ3) is 3.33. The summed E-state index contributed by atoms with van der Waals surface area (Å²) in [6.07, 6.45) is 4.93. The Kier molecular flexibility index (Phi) is 4.56. The van der Waals surface area contributed by atoms with Crippen molar-refractivity contribution in [1.82, 2.24) is 9.97 Å². The Balaban J connectivity index is 1.59. The van der Waals surface area contributed by atoms with Crippen LogP contribution in [0.4, 0.5) is 4.39 Å². The fourth-order valence-corrected chi connectivity index (χ4v) is 5.54. The summed E-state index contributed by atoms with van der Waals surface area (Å²) in [5, 5.41) is 2.01. The summed E-state index contributed by atoms with van der Waals surface area (Å²) in [5.74, 6) is 0.652. The molecule has 6 heteroatoms. The first-order valence-electron chi connectivity index (χ1n) is 8.28. The molecule has 2 heterocycles. The van der Waals surface area contributed by atoms with Crippen LogP contribution in [0.5, 0.6) is 0 Å². The number of ketones is 1. The molecule has 0 unspecified atom stereocenters. The Morgan fingerprint density at radius 3 is 2.92 bits per heavy atom. The van der Waals surface area contributed by atoms with Gasteiger partial charge in [0.25, 0.3) is 0 Å². The van der Waals surface area contributed by atoms with Gasteiger partial charge >= 0.3 is 0 Å². The topological polar surface area (TPSA) is 42.9 Å². The van der Waals surface area contributed by atoms with Gasteiger partial charge in [-0.15, -0.1) is 11.3 Å². The maximum atomic E-state index is 13.0. The zero-order chi connectivity index (χ0) is 17.4. The normalized spacial score (nSPS) is 16.8. The van der Waals surface area contributed by atoms with E-state index in [2.05, 4.69) is 16.9 Å². The Hall–Kier alpha value is -1.79. The van der Waals surface area contributed by atoms with E-state index in [0.29, 0.717) is 17.2 Å². The first-order valence-corrected chi connectivity index (χ1v) is 10.1. The molecule has 3 aromatic rings. The van der Waals surface area contributed by atoms with Gasteiger partial charge in [-0.25, -0.2) is 14.4 Å². The Morgan fingerprint density at radius 2 is 2.12 bits per heavy atom. The molecular formula is C19H17FN2OS2. The largest absolute Gasteiger partial charge is 0.293 e. The highest BCUT2D eigenvalue weighted by molar-refractivity contribution is 8.00. The van der Waals surface area contributed by atoms with Crippen molar-refractivity contribution in [2.45, 2.75) is 31.2 Å². The molecule has 1 aromatic carbocycles. The highest BCUT2D eigenvalue weighted by Gasteiger charge is 2.23. The summed E-state index contributed by atoms with van der Waals surface area (Å²) >= 11 is 3.21. The van der Waals surface area contributed by atoms with Crippen LogP contribution in [-0.2, 0) is 12.8 Å². The van der Waals surface area contributed by atoms with Gasteiger partial charge in [0.2, 0.25) is 0 Å². The van der Waals surface area contributed by atoms with Crippen molar-refractivity contribution in [3.05, 3.63) is 52.4 Å². The fourth-order valence-electron chi connectivity index (χ4n) is 3.21. The second kappa shape index (κ2) is 6.84. The van der Waals surface area contributed by atoms with Gasteiger partial charge in [-0.3, -0.25) is 4.79 Å². The Morgan fingerprint density at radius 1 is 1.32 bits per heavy atom. The lowest BCUT2D eigenvalue weighted by molar-refractivity contribution is 0.102. The number of fused-ring (bicyclic) bond motifs is 3. The van der Waals surface area contributed by atoms with E-state index in [0.717, 1.165) is 28.1 Å². The summed E-state index contributed by atoms with van der Waals surface area (Å²) in [5.41, 5.74) is 1.90. The number of aromatic nitrogens is 2. The van der Waals surface area contributed by atoms with E-state index in [4.69, 9.17) is 0 Å². The predicted molar refractivity (Wildman–Crippen MR) is 100 cm³/mol. The van der Waals surface area contributed by atoms with E-state index in [9.17, 15) is 9.18 Å². The van der Waals surface area contributed by atoms with Crippen molar-refractivity contribution in [3.8, 4) is 0 Å².